The third-order valence-corrected chi connectivity index (χ3v) is 2.50. The van der Waals surface area contributed by atoms with Crippen molar-refractivity contribution in [2.45, 2.75) is 13.8 Å². The molecule has 0 aliphatic rings. The molecule has 0 aliphatic carbocycles. The molecule has 1 aromatic carbocycles. The fourth-order valence-electron chi connectivity index (χ4n) is 1.73. The van der Waals surface area contributed by atoms with Crippen LogP contribution >= 0.6 is 0 Å². The van der Waals surface area contributed by atoms with Gasteiger partial charge in [-0.1, -0.05) is 17.0 Å². The highest BCUT2D eigenvalue weighted by Crippen LogP contribution is 2.15. The van der Waals surface area contributed by atoms with E-state index in [1.165, 1.54) is 0 Å². The van der Waals surface area contributed by atoms with E-state index in [9.17, 15) is 4.79 Å². The number of aliphatic hydroxyl groups is 1. The molecule has 0 bridgehead atoms. The minimum atomic E-state index is -0.364. The lowest BCUT2D eigenvalue weighted by molar-refractivity contribution is 0.0988. The number of aryl methyl sites for hydroxylation is 2. The largest absolute Gasteiger partial charge is 0.384 e. The number of hydrogen-bond donors (Lipinski definition) is 2. The molecule has 0 unspecified atom stereocenters. The molecule has 1 heterocycles. The molecule has 0 saturated heterocycles. The molecule has 0 spiro atoms. The maximum absolute atomic E-state index is 11.9. The monoisotopic (exact) mass is 270 g/mol. The summed E-state index contributed by atoms with van der Waals surface area (Å²) in [7, 11) is 0. The van der Waals surface area contributed by atoms with Crippen LogP contribution in [0.25, 0.3) is 0 Å². The van der Waals surface area contributed by atoms with Gasteiger partial charge in [0, 0.05) is 17.3 Å². The van der Waals surface area contributed by atoms with Gasteiger partial charge < -0.3 is 14.9 Å². The zero-order chi connectivity index (χ0) is 14.5. The van der Waals surface area contributed by atoms with Gasteiger partial charge in [-0.2, -0.15) is 0 Å². The van der Waals surface area contributed by atoms with Crippen LogP contribution in [-0.2, 0) is 0 Å². The maximum atomic E-state index is 11.9. The molecule has 1 amide bonds. The van der Waals surface area contributed by atoms with Crippen molar-refractivity contribution in [3.63, 3.8) is 0 Å². The van der Waals surface area contributed by atoms with Gasteiger partial charge >= 0.3 is 0 Å². The van der Waals surface area contributed by atoms with Crippen molar-refractivity contribution in [3.8, 4) is 11.8 Å². The number of carbonyl (C=O) groups excluding carboxylic acids is 1. The third-order valence-electron chi connectivity index (χ3n) is 2.50. The van der Waals surface area contributed by atoms with Crippen molar-refractivity contribution >= 4 is 11.6 Å². The van der Waals surface area contributed by atoms with E-state index in [2.05, 4.69) is 22.3 Å². The predicted molar refractivity (Wildman–Crippen MR) is 74.3 cm³/mol. The number of anilines is 1. The normalized spacial score (nSPS) is 9.75. The molecular weight excluding hydrogens is 256 g/mol. The molecule has 5 nitrogen and oxygen atoms in total. The number of nitrogens with one attached hydrogen (secondary N) is 1. The van der Waals surface area contributed by atoms with Gasteiger partial charge in [-0.3, -0.25) is 4.79 Å². The second kappa shape index (κ2) is 6.04. The predicted octanol–water partition coefficient (Wildman–Crippen LogP) is 1.89. The van der Waals surface area contributed by atoms with E-state index in [-0.39, 0.29) is 18.3 Å². The van der Waals surface area contributed by atoms with Gasteiger partial charge in [0.2, 0.25) is 5.76 Å². The van der Waals surface area contributed by atoms with Crippen LogP contribution in [0.5, 0.6) is 0 Å². The summed E-state index contributed by atoms with van der Waals surface area (Å²) >= 11 is 0. The minimum Gasteiger partial charge on any atom is -0.384 e. The first-order chi connectivity index (χ1) is 9.58. The Balaban J connectivity index is 2.20. The molecule has 1 aromatic heterocycles. The van der Waals surface area contributed by atoms with Gasteiger partial charge in [0.05, 0.1) is 5.69 Å². The first kappa shape index (κ1) is 13.8. The van der Waals surface area contributed by atoms with Crippen LogP contribution in [0.4, 0.5) is 5.69 Å². The Hall–Kier alpha value is -2.58. The number of rotatable bonds is 2. The van der Waals surface area contributed by atoms with E-state index in [1.54, 1.807) is 19.1 Å². The Kier molecular flexibility index (Phi) is 4.18. The number of aliphatic hydroxyl groups excluding tert-OH is 1. The summed E-state index contributed by atoms with van der Waals surface area (Å²) in [5, 5.41) is 15.1. The van der Waals surface area contributed by atoms with Crippen LogP contribution in [-0.4, -0.2) is 22.8 Å². The first-order valence-electron chi connectivity index (χ1n) is 6.04. The average Bonchev–Trinajstić information content (AvgIpc) is 2.82. The Morgan fingerprint density at radius 1 is 1.35 bits per heavy atom. The van der Waals surface area contributed by atoms with E-state index in [0.29, 0.717) is 11.4 Å². The van der Waals surface area contributed by atoms with E-state index in [1.807, 2.05) is 19.1 Å². The van der Waals surface area contributed by atoms with Crippen molar-refractivity contribution in [2.75, 3.05) is 11.9 Å². The number of carbonyl (C=O) groups is 1. The second-order valence-corrected chi connectivity index (χ2v) is 4.33. The summed E-state index contributed by atoms with van der Waals surface area (Å²) in [5.41, 5.74) is 2.95. The molecule has 20 heavy (non-hydrogen) atoms. The molecule has 5 heteroatoms. The van der Waals surface area contributed by atoms with Crippen molar-refractivity contribution in [2.24, 2.45) is 0 Å². The standard InChI is InChI=1S/C15H14N2O3/c1-10-6-12(4-3-5-18)9-13(7-10)16-15(19)14-8-11(2)17-20-14/h6-9,18H,5H2,1-2H3,(H,16,19). The number of nitrogens with zero attached hydrogens (tertiary/aromatic N) is 1. The van der Waals surface area contributed by atoms with Gasteiger partial charge in [-0.25, -0.2) is 0 Å². The van der Waals surface area contributed by atoms with Crippen LogP contribution in [0.15, 0.2) is 28.8 Å². The van der Waals surface area contributed by atoms with Crippen molar-refractivity contribution in [1.29, 1.82) is 0 Å². The summed E-state index contributed by atoms with van der Waals surface area (Å²) in [6.45, 7) is 3.45. The van der Waals surface area contributed by atoms with Crippen LogP contribution in [0, 0.1) is 25.7 Å². The highest BCUT2D eigenvalue weighted by molar-refractivity contribution is 6.02. The Labute approximate surface area is 116 Å². The molecule has 0 radical (unpaired) electrons. The summed E-state index contributed by atoms with van der Waals surface area (Å²) in [6.07, 6.45) is 0. The molecule has 2 aromatic rings. The molecule has 2 N–H and O–H groups in total. The number of amides is 1. The quantitative estimate of drug-likeness (QED) is 0.817. The average molecular weight is 270 g/mol. The molecule has 102 valence electrons. The van der Waals surface area contributed by atoms with Crippen molar-refractivity contribution in [3.05, 3.63) is 46.8 Å². The zero-order valence-electron chi connectivity index (χ0n) is 11.2. The van der Waals surface area contributed by atoms with E-state index in [4.69, 9.17) is 9.63 Å². The lowest BCUT2D eigenvalue weighted by Gasteiger charge is -2.05. The van der Waals surface area contributed by atoms with Crippen LogP contribution in [0.3, 0.4) is 0 Å². The van der Waals surface area contributed by atoms with Gasteiger partial charge in [0.15, 0.2) is 0 Å². The lowest BCUT2D eigenvalue weighted by Crippen LogP contribution is -2.11. The molecular formula is C15H14N2O3. The van der Waals surface area contributed by atoms with Crippen molar-refractivity contribution in [1.82, 2.24) is 5.16 Å². The number of hydrogen-bond acceptors (Lipinski definition) is 4. The summed E-state index contributed by atoms with van der Waals surface area (Å²) in [6, 6.07) is 7.00. The third kappa shape index (κ3) is 3.46. The highest BCUT2D eigenvalue weighted by atomic mass is 16.5. The summed E-state index contributed by atoms with van der Waals surface area (Å²) < 4.78 is 4.90. The Morgan fingerprint density at radius 2 is 2.15 bits per heavy atom. The minimum absolute atomic E-state index is 0.159. The highest BCUT2D eigenvalue weighted by Gasteiger charge is 2.12. The SMILES string of the molecule is Cc1cc(C#CCO)cc(NC(=O)c2cc(C)no2)c1. The fourth-order valence-corrected chi connectivity index (χ4v) is 1.73. The molecule has 0 aliphatic heterocycles. The summed E-state index contributed by atoms with van der Waals surface area (Å²) in [4.78, 5) is 11.9. The van der Waals surface area contributed by atoms with Crippen molar-refractivity contribution < 1.29 is 14.4 Å². The van der Waals surface area contributed by atoms with Gasteiger partial charge in [0.25, 0.3) is 5.91 Å². The number of benzene rings is 1. The van der Waals surface area contributed by atoms with Gasteiger partial charge in [-0.15, -0.1) is 0 Å². The van der Waals surface area contributed by atoms with E-state index < -0.39 is 0 Å². The maximum Gasteiger partial charge on any atom is 0.294 e. The van der Waals surface area contributed by atoms with Crippen LogP contribution < -0.4 is 5.32 Å². The zero-order valence-corrected chi connectivity index (χ0v) is 11.2. The fraction of sp³-hybridized carbons (Fsp3) is 0.200. The second-order valence-electron chi connectivity index (χ2n) is 4.33. The van der Waals surface area contributed by atoms with Crippen LogP contribution in [0.2, 0.25) is 0 Å². The lowest BCUT2D eigenvalue weighted by atomic mass is 10.1. The molecule has 0 saturated carbocycles. The van der Waals surface area contributed by atoms with E-state index in [0.717, 1.165) is 11.1 Å². The molecule has 0 atom stereocenters. The topological polar surface area (TPSA) is 75.4 Å². The Morgan fingerprint density at radius 3 is 2.80 bits per heavy atom. The molecule has 2 rings (SSSR count). The van der Waals surface area contributed by atoms with E-state index >= 15 is 0 Å². The summed E-state index contributed by atoms with van der Waals surface area (Å²) in [5.74, 6) is 5.17. The Bertz CT molecular complexity index is 693. The number of aromatic nitrogens is 1. The molecule has 0 fully saturated rings. The van der Waals surface area contributed by atoms with Gasteiger partial charge in [0.1, 0.15) is 6.61 Å². The van der Waals surface area contributed by atoms with Crippen LogP contribution in [0.1, 0.15) is 27.4 Å². The smallest absolute Gasteiger partial charge is 0.294 e. The first-order valence-corrected chi connectivity index (χ1v) is 6.04. The van der Waals surface area contributed by atoms with Gasteiger partial charge in [-0.05, 0) is 37.6 Å².